The number of hydrogen-bond acceptors (Lipinski definition) is 5. The summed E-state index contributed by atoms with van der Waals surface area (Å²) in [5, 5.41) is 10.7. The van der Waals surface area contributed by atoms with E-state index in [1.54, 1.807) is 11.8 Å². The molecule has 5 nitrogen and oxygen atoms in total. The average Bonchev–Trinajstić information content (AvgIpc) is 3.08. The third-order valence-electron chi connectivity index (χ3n) is 4.60. The van der Waals surface area contributed by atoms with Crippen LogP contribution in [0.2, 0.25) is 0 Å². The molecule has 0 saturated carbocycles. The van der Waals surface area contributed by atoms with E-state index < -0.39 is 18.1 Å². The molecule has 0 bridgehead atoms. The van der Waals surface area contributed by atoms with Crippen LogP contribution in [-0.2, 0) is 9.53 Å². The summed E-state index contributed by atoms with van der Waals surface area (Å²) >= 11 is 1.55. The summed E-state index contributed by atoms with van der Waals surface area (Å²) < 4.78 is 4.90. The van der Waals surface area contributed by atoms with Gasteiger partial charge in [0.2, 0.25) is 5.91 Å². The number of benzene rings is 2. The summed E-state index contributed by atoms with van der Waals surface area (Å²) in [5.41, 5.74) is 1.68. The highest BCUT2D eigenvalue weighted by Gasteiger charge is 2.46. The van der Waals surface area contributed by atoms with Gasteiger partial charge in [0.15, 0.2) is 0 Å². The fourth-order valence-electron chi connectivity index (χ4n) is 3.36. The number of hydrogen-bond donors (Lipinski definition) is 1. The second-order valence-corrected chi connectivity index (χ2v) is 7.25. The van der Waals surface area contributed by atoms with Crippen LogP contribution in [0.5, 0.6) is 0 Å². The Balaban J connectivity index is 1.77. The lowest BCUT2D eigenvalue weighted by atomic mass is 9.87. The van der Waals surface area contributed by atoms with Crippen LogP contribution in [0.25, 0.3) is 0 Å². The van der Waals surface area contributed by atoms with E-state index in [-0.39, 0.29) is 24.3 Å². The predicted octanol–water partition coefficient (Wildman–Crippen LogP) is 3.16. The Hall–Kier alpha value is -2.31. The van der Waals surface area contributed by atoms with Crippen LogP contribution in [0.15, 0.2) is 59.5 Å². The van der Waals surface area contributed by atoms with Crippen LogP contribution in [0.3, 0.4) is 0 Å². The van der Waals surface area contributed by atoms with Gasteiger partial charge in [0.05, 0.1) is 18.6 Å². The van der Waals surface area contributed by atoms with Gasteiger partial charge in [-0.25, -0.2) is 9.69 Å². The molecule has 2 aliphatic rings. The van der Waals surface area contributed by atoms with Crippen LogP contribution >= 0.6 is 11.8 Å². The zero-order valence-electron chi connectivity index (χ0n) is 13.4. The summed E-state index contributed by atoms with van der Waals surface area (Å²) in [5.74, 6) is -1.13. The number of ether oxygens (including phenoxy) is 1. The fraction of sp³-hybridized carbons (Fsp3) is 0.263. The molecule has 2 aromatic rings. The summed E-state index contributed by atoms with van der Waals surface area (Å²) in [6.07, 6.45) is -1.60. The Morgan fingerprint density at radius 1 is 1.12 bits per heavy atom. The first-order valence-corrected chi connectivity index (χ1v) is 9.01. The Morgan fingerprint density at radius 3 is 2.56 bits per heavy atom. The third kappa shape index (κ3) is 2.81. The normalized spacial score (nSPS) is 25.4. The number of carbonyl (C=O) groups is 2. The average molecular weight is 355 g/mol. The molecule has 4 rings (SSSR count). The van der Waals surface area contributed by atoms with Crippen LogP contribution in [0.1, 0.15) is 22.5 Å². The molecule has 6 heteroatoms. The number of aliphatic hydroxyl groups is 1. The van der Waals surface area contributed by atoms with Crippen LogP contribution < -0.4 is 0 Å². The number of fused-ring (bicyclic) bond motifs is 1. The predicted molar refractivity (Wildman–Crippen MR) is 93.0 cm³/mol. The minimum atomic E-state index is -0.969. The molecule has 2 amide bonds. The molecule has 1 N–H and O–H groups in total. The third-order valence-corrected chi connectivity index (χ3v) is 6.04. The number of imide groups is 1. The number of nitrogens with zero attached hydrogens (tertiary/aromatic N) is 1. The van der Waals surface area contributed by atoms with E-state index in [9.17, 15) is 14.7 Å². The van der Waals surface area contributed by atoms with Crippen molar-refractivity contribution in [3.8, 4) is 0 Å². The standard InChI is InChI=1S/C19H17NO4S/c21-16-13-8-4-5-9-14(13)25-17(12-6-2-1-3-7-12)15(16)18(22)20-10-11-24-19(20)23/h1-9,15-17,21H,10-11H2/t15-,16+,17+/m1/s1. The molecule has 0 radical (unpaired) electrons. The number of rotatable bonds is 2. The molecule has 2 heterocycles. The number of aliphatic hydroxyl groups excluding tert-OH is 1. The number of amides is 2. The molecule has 3 atom stereocenters. The van der Waals surface area contributed by atoms with Gasteiger partial charge in [-0.2, -0.15) is 0 Å². The SMILES string of the molecule is O=C1OCCN1C(=O)[C@@H]1[C@@H](O)c2ccccc2S[C@H]1c1ccccc1. The van der Waals surface area contributed by atoms with Gasteiger partial charge in [0.25, 0.3) is 0 Å². The van der Waals surface area contributed by atoms with Crippen molar-refractivity contribution < 1.29 is 19.4 Å². The number of thioether (sulfide) groups is 1. The zero-order valence-corrected chi connectivity index (χ0v) is 14.2. The van der Waals surface area contributed by atoms with Gasteiger partial charge < -0.3 is 9.84 Å². The van der Waals surface area contributed by atoms with Crippen LogP contribution in [0.4, 0.5) is 4.79 Å². The highest BCUT2D eigenvalue weighted by atomic mass is 32.2. The largest absolute Gasteiger partial charge is 0.447 e. The van der Waals surface area contributed by atoms with Crippen LogP contribution in [-0.4, -0.2) is 35.2 Å². The van der Waals surface area contributed by atoms with E-state index in [4.69, 9.17) is 4.74 Å². The van der Waals surface area contributed by atoms with Gasteiger partial charge in [-0.1, -0.05) is 48.5 Å². The first-order chi connectivity index (χ1) is 12.2. The summed E-state index contributed by atoms with van der Waals surface area (Å²) in [6.45, 7) is 0.432. The van der Waals surface area contributed by atoms with Crippen LogP contribution in [0, 0.1) is 5.92 Å². The van der Waals surface area contributed by atoms with E-state index in [0.29, 0.717) is 0 Å². The van der Waals surface area contributed by atoms with Crippen molar-refractivity contribution >= 4 is 23.8 Å². The van der Waals surface area contributed by atoms with Crippen molar-refractivity contribution in [2.75, 3.05) is 13.2 Å². The number of carbonyl (C=O) groups excluding carboxylic acids is 2. The first-order valence-electron chi connectivity index (χ1n) is 8.13. The number of cyclic esters (lactones) is 1. The maximum absolute atomic E-state index is 13.1. The maximum atomic E-state index is 13.1. The molecular formula is C19H17NO4S. The molecule has 128 valence electrons. The van der Waals surface area contributed by atoms with Crippen molar-refractivity contribution in [2.24, 2.45) is 5.92 Å². The minimum absolute atomic E-state index is 0.202. The second-order valence-electron chi connectivity index (χ2n) is 6.06. The van der Waals surface area contributed by atoms with Gasteiger partial charge >= 0.3 is 6.09 Å². The molecule has 2 aromatic carbocycles. The Morgan fingerprint density at radius 2 is 1.84 bits per heavy atom. The van der Waals surface area contributed by atoms with E-state index in [1.807, 2.05) is 54.6 Å². The lowest BCUT2D eigenvalue weighted by Gasteiger charge is -2.36. The molecular weight excluding hydrogens is 338 g/mol. The molecule has 1 fully saturated rings. The molecule has 2 aliphatic heterocycles. The summed E-state index contributed by atoms with van der Waals surface area (Å²) in [4.78, 5) is 27.0. The van der Waals surface area contributed by atoms with Crippen molar-refractivity contribution in [1.29, 1.82) is 0 Å². The molecule has 25 heavy (non-hydrogen) atoms. The Labute approximate surface area is 149 Å². The molecule has 0 spiro atoms. The minimum Gasteiger partial charge on any atom is -0.447 e. The van der Waals surface area contributed by atoms with Gasteiger partial charge in [0.1, 0.15) is 6.61 Å². The first kappa shape index (κ1) is 16.2. The van der Waals surface area contributed by atoms with Gasteiger partial charge in [-0.15, -0.1) is 11.8 Å². The zero-order chi connectivity index (χ0) is 17.4. The van der Waals surface area contributed by atoms with Gasteiger partial charge in [-0.05, 0) is 17.2 Å². The Kier molecular flexibility index (Phi) is 4.23. The van der Waals surface area contributed by atoms with E-state index in [2.05, 4.69) is 0 Å². The van der Waals surface area contributed by atoms with Crippen molar-refractivity contribution in [2.45, 2.75) is 16.2 Å². The van der Waals surface area contributed by atoms with Crippen molar-refractivity contribution in [1.82, 2.24) is 4.90 Å². The molecule has 0 aromatic heterocycles. The van der Waals surface area contributed by atoms with E-state index in [0.717, 1.165) is 20.9 Å². The fourth-order valence-corrected chi connectivity index (χ4v) is 4.82. The molecule has 0 unspecified atom stereocenters. The summed E-state index contributed by atoms with van der Waals surface area (Å²) in [7, 11) is 0. The monoisotopic (exact) mass is 355 g/mol. The van der Waals surface area contributed by atoms with E-state index >= 15 is 0 Å². The second kappa shape index (κ2) is 6.54. The maximum Gasteiger partial charge on any atom is 0.416 e. The molecule has 0 aliphatic carbocycles. The Bertz CT molecular complexity index is 810. The highest BCUT2D eigenvalue weighted by Crippen LogP contribution is 2.52. The topological polar surface area (TPSA) is 66.8 Å². The molecule has 1 saturated heterocycles. The van der Waals surface area contributed by atoms with E-state index in [1.165, 1.54) is 0 Å². The lowest BCUT2D eigenvalue weighted by Crippen LogP contribution is -2.42. The van der Waals surface area contributed by atoms with Crippen molar-refractivity contribution in [3.05, 3.63) is 65.7 Å². The van der Waals surface area contributed by atoms with Gasteiger partial charge in [-0.3, -0.25) is 4.79 Å². The van der Waals surface area contributed by atoms with Crippen molar-refractivity contribution in [3.63, 3.8) is 0 Å². The highest BCUT2D eigenvalue weighted by molar-refractivity contribution is 7.99. The summed E-state index contributed by atoms with van der Waals surface area (Å²) in [6, 6.07) is 17.2. The quantitative estimate of drug-likeness (QED) is 0.896. The lowest BCUT2D eigenvalue weighted by molar-refractivity contribution is -0.136. The van der Waals surface area contributed by atoms with Gasteiger partial charge in [0, 0.05) is 10.1 Å². The smallest absolute Gasteiger partial charge is 0.416 e.